The number of aryl methyl sites for hydroxylation is 1. The van der Waals surface area contributed by atoms with E-state index in [0.29, 0.717) is 11.3 Å². The van der Waals surface area contributed by atoms with Crippen LogP contribution in [0, 0.1) is 18.3 Å². The summed E-state index contributed by atoms with van der Waals surface area (Å²) < 4.78 is 5.79. The first-order valence-electron chi connectivity index (χ1n) is 7.57. The predicted molar refractivity (Wildman–Crippen MR) is 85.1 cm³/mol. The van der Waals surface area contributed by atoms with Gasteiger partial charge >= 0.3 is 0 Å². The van der Waals surface area contributed by atoms with E-state index in [1.54, 1.807) is 0 Å². The summed E-state index contributed by atoms with van der Waals surface area (Å²) in [6.45, 7) is 15.7. The quantitative estimate of drug-likeness (QED) is 0.820. The highest BCUT2D eigenvalue weighted by atomic mass is 16.5. The Morgan fingerprint density at radius 1 is 1.25 bits per heavy atom. The summed E-state index contributed by atoms with van der Waals surface area (Å²) in [5, 5.41) is 3.45. The lowest BCUT2D eigenvalue weighted by Crippen LogP contribution is -2.19. The fraction of sp³-hybridized carbons (Fsp3) is 0.706. The van der Waals surface area contributed by atoms with E-state index in [9.17, 15) is 0 Å². The van der Waals surface area contributed by atoms with Gasteiger partial charge in [0.1, 0.15) is 0 Å². The van der Waals surface area contributed by atoms with E-state index in [4.69, 9.17) is 4.74 Å². The zero-order valence-corrected chi connectivity index (χ0v) is 13.9. The van der Waals surface area contributed by atoms with Gasteiger partial charge < -0.3 is 10.1 Å². The maximum Gasteiger partial charge on any atom is 0.213 e. The van der Waals surface area contributed by atoms with Crippen LogP contribution < -0.4 is 10.1 Å². The molecule has 0 atom stereocenters. The van der Waals surface area contributed by atoms with Gasteiger partial charge in [0.25, 0.3) is 0 Å². The van der Waals surface area contributed by atoms with Gasteiger partial charge in [-0.15, -0.1) is 0 Å². The zero-order chi connectivity index (χ0) is 15.2. The van der Waals surface area contributed by atoms with Crippen LogP contribution in [0.1, 0.15) is 52.3 Å². The van der Waals surface area contributed by atoms with Crippen LogP contribution in [0.3, 0.4) is 0 Å². The zero-order valence-electron chi connectivity index (χ0n) is 13.9. The summed E-state index contributed by atoms with van der Waals surface area (Å²) in [5.74, 6) is 1.41. The van der Waals surface area contributed by atoms with Crippen LogP contribution in [0.25, 0.3) is 0 Å². The van der Waals surface area contributed by atoms with Gasteiger partial charge in [-0.2, -0.15) is 0 Å². The lowest BCUT2D eigenvalue weighted by atomic mass is 9.93. The molecule has 0 saturated heterocycles. The first kappa shape index (κ1) is 17.0. The second kappa shape index (κ2) is 7.63. The highest BCUT2D eigenvalue weighted by Crippen LogP contribution is 2.19. The van der Waals surface area contributed by atoms with E-state index in [1.165, 1.54) is 5.56 Å². The number of pyridine rings is 1. The number of nitrogens with one attached hydrogen (secondary N) is 1. The smallest absolute Gasteiger partial charge is 0.213 e. The third kappa shape index (κ3) is 7.49. The number of hydrogen-bond donors (Lipinski definition) is 1. The molecular weight excluding hydrogens is 248 g/mol. The molecule has 0 aliphatic carbocycles. The van der Waals surface area contributed by atoms with E-state index in [2.05, 4.69) is 51.0 Å². The van der Waals surface area contributed by atoms with E-state index >= 15 is 0 Å². The van der Waals surface area contributed by atoms with Gasteiger partial charge in [-0.3, -0.25) is 0 Å². The van der Waals surface area contributed by atoms with Crippen molar-refractivity contribution in [3.63, 3.8) is 0 Å². The molecule has 1 rings (SSSR count). The highest BCUT2D eigenvalue weighted by Gasteiger charge is 2.10. The van der Waals surface area contributed by atoms with Crippen LogP contribution in [0.15, 0.2) is 12.1 Å². The van der Waals surface area contributed by atoms with Crippen molar-refractivity contribution in [2.45, 2.75) is 54.5 Å². The van der Waals surface area contributed by atoms with Crippen molar-refractivity contribution in [3.8, 4) is 5.88 Å². The van der Waals surface area contributed by atoms with Crippen molar-refractivity contribution in [2.75, 3.05) is 13.2 Å². The van der Waals surface area contributed by atoms with Gasteiger partial charge in [-0.1, -0.05) is 34.6 Å². The van der Waals surface area contributed by atoms with Crippen molar-refractivity contribution in [1.82, 2.24) is 10.3 Å². The van der Waals surface area contributed by atoms with Crippen molar-refractivity contribution in [3.05, 3.63) is 23.4 Å². The SMILES string of the molecule is Cc1cc(CNCC(C)C)cc(OCCC(C)(C)C)n1. The number of hydrogen-bond acceptors (Lipinski definition) is 3. The summed E-state index contributed by atoms with van der Waals surface area (Å²) >= 11 is 0. The molecule has 1 aromatic heterocycles. The molecule has 3 nitrogen and oxygen atoms in total. The van der Waals surface area contributed by atoms with Gasteiger partial charge in [-0.05, 0) is 42.9 Å². The summed E-state index contributed by atoms with van der Waals surface area (Å²) in [6, 6.07) is 4.16. The van der Waals surface area contributed by atoms with Crippen LogP contribution >= 0.6 is 0 Å². The van der Waals surface area contributed by atoms with Gasteiger partial charge in [0.05, 0.1) is 6.61 Å². The maximum absolute atomic E-state index is 5.79. The Bertz CT molecular complexity index is 408. The molecule has 114 valence electrons. The molecule has 0 bridgehead atoms. The minimum atomic E-state index is 0.297. The highest BCUT2D eigenvalue weighted by molar-refractivity contribution is 5.24. The number of rotatable bonds is 7. The molecule has 0 aromatic carbocycles. The third-order valence-electron chi connectivity index (χ3n) is 2.97. The van der Waals surface area contributed by atoms with Gasteiger partial charge in [0, 0.05) is 18.3 Å². The number of ether oxygens (including phenoxy) is 1. The van der Waals surface area contributed by atoms with E-state index in [0.717, 1.165) is 37.7 Å². The molecule has 0 spiro atoms. The summed E-state index contributed by atoms with van der Waals surface area (Å²) in [6.07, 6.45) is 1.03. The molecule has 1 heterocycles. The lowest BCUT2D eigenvalue weighted by molar-refractivity contribution is 0.236. The average molecular weight is 278 g/mol. The van der Waals surface area contributed by atoms with Gasteiger partial charge in [0.2, 0.25) is 5.88 Å². The monoisotopic (exact) mass is 278 g/mol. The molecule has 1 N–H and O–H groups in total. The second-order valence-electron chi connectivity index (χ2n) is 7.14. The molecule has 3 heteroatoms. The van der Waals surface area contributed by atoms with Crippen LogP contribution in [-0.2, 0) is 6.54 Å². The van der Waals surface area contributed by atoms with Crippen LogP contribution in [0.5, 0.6) is 5.88 Å². The molecule has 0 radical (unpaired) electrons. The summed E-state index contributed by atoms with van der Waals surface area (Å²) in [5.41, 5.74) is 2.55. The largest absolute Gasteiger partial charge is 0.478 e. The Hall–Kier alpha value is -1.09. The summed E-state index contributed by atoms with van der Waals surface area (Å²) in [7, 11) is 0. The van der Waals surface area contributed by atoms with Crippen molar-refractivity contribution >= 4 is 0 Å². The van der Waals surface area contributed by atoms with Crippen LogP contribution in [-0.4, -0.2) is 18.1 Å². The fourth-order valence-electron chi connectivity index (χ4n) is 1.85. The summed E-state index contributed by atoms with van der Waals surface area (Å²) in [4.78, 5) is 4.45. The van der Waals surface area contributed by atoms with Crippen molar-refractivity contribution in [2.24, 2.45) is 11.3 Å². The Balaban J connectivity index is 2.53. The maximum atomic E-state index is 5.79. The molecule has 0 aliphatic rings. The van der Waals surface area contributed by atoms with Gasteiger partial charge in [0.15, 0.2) is 0 Å². The van der Waals surface area contributed by atoms with E-state index in [-0.39, 0.29) is 0 Å². The van der Waals surface area contributed by atoms with Gasteiger partial charge in [-0.25, -0.2) is 4.98 Å². The first-order chi connectivity index (χ1) is 9.26. The van der Waals surface area contributed by atoms with Crippen LogP contribution in [0.4, 0.5) is 0 Å². The third-order valence-corrected chi connectivity index (χ3v) is 2.97. The topological polar surface area (TPSA) is 34.1 Å². The second-order valence-corrected chi connectivity index (χ2v) is 7.14. The molecule has 1 aromatic rings. The Morgan fingerprint density at radius 3 is 2.55 bits per heavy atom. The first-order valence-corrected chi connectivity index (χ1v) is 7.57. The molecule has 0 amide bonds. The molecular formula is C17H30N2O. The molecule has 20 heavy (non-hydrogen) atoms. The number of nitrogens with zero attached hydrogens (tertiary/aromatic N) is 1. The molecule has 0 fully saturated rings. The van der Waals surface area contributed by atoms with Crippen molar-refractivity contribution in [1.29, 1.82) is 0 Å². The minimum Gasteiger partial charge on any atom is -0.478 e. The van der Waals surface area contributed by atoms with Crippen LogP contribution in [0.2, 0.25) is 0 Å². The number of aromatic nitrogens is 1. The van der Waals surface area contributed by atoms with Crippen molar-refractivity contribution < 1.29 is 4.74 Å². The minimum absolute atomic E-state index is 0.297. The van der Waals surface area contributed by atoms with E-state index < -0.39 is 0 Å². The Kier molecular flexibility index (Phi) is 6.47. The van der Waals surface area contributed by atoms with E-state index in [1.807, 2.05) is 13.0 Å². The average Bonchev–Trinajstić information content (AvgIpc) is 2.25. The Morgan fingerprint density at radius 2 is 1.95 bits per heavy atom. The predicted octanol–water partition coefficient (Wildman–Crippen LogP) is 3.95. The molecule has 0 aliphatic heterocycles. The molecule has 0 unspecified atom stereocenters. The standard InChI is InChI=1S/C17H30N2O/c1-13(2)11-18-12-15-9-14(3)19-16(10-15)20-8-7-17(4,5)6/h9-10,13,18H,7-8,11-12H2,1-6H3. The Labute approximate surface area is 124 Å². The normalized spacial score (nSPS) is 11.9. The molecule has 0 saturated carbocycles. The lowest BCUT2D eigenvalue weighted by Gasteiger charge is -2.18. The fourth-order valence-corrected chi connectivity index (χ4v) is 1.85.